The Morgan fingerprint density at radius 2 is 2.12 bits per heavy atom. The molecular weight excluding hydrogens is 322 g/mol. The Labute approximate surface area is 145 Å². The second-order valence-electron chi connectivity index (χ2n) is 6.09. The van der Waals surface area contributed by atoms with Gasteiger partial charge in [-0.2, -0.15) is 0 Å². The molecule has 0 aliphatic carbocycles. The number of rotatable bonds is 5. The minimum atomic E-state index is -0.530. The molecule has 126 valence electrons. The van der Waals surface area contributed by atoms with Crippen molar-refractivity contribution < 1.29 is 9.59 Å². The zero-order chi connectivity index (χ0) is 17.1. The third kappa shape index (κ3) is 3.66. The van der Waals surface area contributed by atoms with Crippen LogP contribution in [0.2, 0.25) is 0 Å². The minimum absolute atomic E-state index is 0.182. The Hall–Kier alpha value is -2.18. The largest absolute Gasteiger partial charge is 0.366 e. The Balaban J connectivity index is 1.56. The van der Waals surface area contributed by atoms with E-state index in [9.17, 15) is 9.59 Å². The van der Waals surface area contributed by atoms with Gasteiger partial charge in [-0.25, -0.2) is 0 Å². The van der Waals surface area contributed by atoms with E-state index < -0.39 is 5.91 Å². The average Bonchev–Trinajstić information content (AvgIpc) is 3.07. The smallest absolute Gasteiger partial charge is 0.251 e. The normalized spacial score (nSPS) is 15.5. The maximum atomic E-state index is 12.3. The lowest BCUT2D eigenvalue weighted by Crippen LogP contribution is -2.44. The van der Waals surface area contributed by atoms with Gasteiger partial charge in [-0.1, -0.05) is 6.07 Å². The van der Waals surface area contributed by atoms with Gasteiger partial charge in [0.05, 0.1) is 0 Å². The number of nitrogens with two attached hydrogens (primary N) is 1. The van der Waals surface area contributed by atoms with Gasteiger partial charge in [0, 0.05) is 41.7 Å². The summed E-state index contributed by atoms with van der Waals surface area (Å²) in [6.45, 7) is 4.64. The van der Waals surface area contributed by atoms with E-state index in [0.717, 1.165) is 19.5 Å². The second-order valence-corrected chi connectivity index (χ2v) is 7.09. The molecule has 3 N–H and O–H groups in total. The van der Waals surface area contributed by atoms with Gasteiger partial charge in [0.1, 0.15) is 0 Å². The van der Waals surface area contributed by atoms with E-state index in [1.807, 2.05) is 11.3 Å². The number of carbonyl (C=O) groups excluding carboxylic acids is 2. The molecule has 0 fully saturated rings. The average molecular weight is 343 g/mol. The van der Waals surface area contributed by atoms with E-state index in [-0.39, 0.29) is 11.9 Å². The zero-order valence-electron chi connectivity index (χ0n) is 13.6. The highest BCUT2D eigenvalue weighted by molar-refractivity contribution is 7.10. The van der Waals surface area contributed by atoms with Gasteiger partial charge >= 0.3 is 0 Å². The number of nitrogens with one attached hydrogen (secondary N) is 1. The van der Waals surface area contributed by atoms with E-state index in [4.69, 9.17) is 5.73 Å². The van der Waals surface area contributed by atoms with Gasteiger partial charge < -0.3 is 11.1 Å². The molecule has 3 rings (SSSR count). The van der Waals surface area contributed by atoms with Crippen molar-refractivity contribution >= 4 is 23.2 Å². The number of thiophene rings is 1. The van der Waals surface area contributed by atoms with Crippen molar-refractivity contribution in [2.45, 2.75) is 25.9 Å². The first-order chi connectivity index (χ1) is 11.5. The lowest BCUT2D eigenvalue weighted by atomic mass is 10.1. The summed E-state index contributed by atoms with van der Waals surface area (Å²) in [7, 11) is 0. The molecule has 2 aromatic rings. The molecule has 1 atom stereocenters. The Bertz CT molecular complexity index is 756. The van der Waals surface area contributed by atoms with Crippen LogP contribution in [0.4, 0.5) is 0 Å². The fourth-order valence-electron chi connectivity index (χ4n) is 2.93. The first-order valence-corrected chi connectivity index (χ1v) is 8.90. The number of fused-ring (bicyclic) bond motifs is 1. The number of hydrogen-bond acceptors (Lipinski definition) is 4. The monoisotopic (exact) mass is 343 g/mol. The number of amides is 2. The van der Waals surface area contributed by atoms with Gasteiger partial charge in [-0.3, -0.25) is 14.5 Å². The molecule has 6 heteroatoms. The summed E-state index contributed by atoms with van der Waals surface area (Å²) in [4.78, 5) is 27.4. The van der Waals surface area contributed by atoms with E-state index in [2.05, 4.69) is 28.6 Å². The van der Waals surface area contributed by atoms with Crippen molar-refractivity contribution in [3.05, 3.63) is 57.3 Å². The van der Waals surface area contributed by atoms with E-state index in [0.29, 0.717) is 17.7 Å². The fraction of sp³-hybridized carbons (Fsp3) is 0.333. The summed E-state index contributed by atoms with van der Waals surface area (Å²) in [6.07, 6.45) is 1.08. The Morgan fingerprint density at radius 1 is 1.33 bits per heavy atom. The highest BCUT2D eigenvalue weighted by Gasteiger charge is 2.21. The molecule has 0 saturated carbocycles. The Morgan fingerprint density at radius 3 is 2.92 bits per heavy atom. The molecule has 2 amide bonds. The van der Waals surface area contributed by atoms with Gasteiger partial charge in [-0.05, 0) is 48.6 Å². The number of benzene rings is 1. The van der Waals surface area contributed by atoms with Crippen molar-refractivity contribution in [3.8, 4) is 0 Å². The highest BCUT2D eigenvalue weighted by Crippen LogP contribution is 2.24. The summed E-state index contributed by atoms with van der Waals surface area (Å²) >= 11 is 1.82. The minimum Gasteiger partial charge on any atom is -0.366 e. The summed E-state index contributed by atoms with van der Waals surface area (Å²) in [5, 5.41) is 5.10. The highest BCUT2D eigenvalue weighted by atomic mass is 32.1. The van der Waals surface area contributed by atoms with Crippen LogP contribution >= 0.6 is 11.3 Å². The van der Waals surface area contributed by atoms with Crippen LogP contribution in [-0.4, -0.2) is 35.8 Å². The number of primary amides is 1. The standard InChI is InChI=1S/C18H21N3O2S/c1-12(21-7-5-16-15(11-21)6-8-24-16)10-20-18(23)14-4-2-3-13(9-14)17(19)22/h2-4,6,8-9,12H,5,7,10-11H2,1H3,(H2,19,22)(H,20,23)/t12-/m0/s1. The quantitative estimate of drug-likeness (QED) is 0.872. The first kappa shape index (κ1) is 16.7. The van der Waals surface area contributed by atoms with Crippen molar-refractivity contribution in [3.63, 3.8) is 0 Å². The summed E-state index contributed by atoms with van der Waals surface area (Å²) in [5.41, 5.74) is 7.46. The molecule has 0 unspecified atom stereocenters. The SMILES string of the molecule is C[C@@H](CNC(=O)c1cccc(C(N)=O)c1)N1CCc2sccc2C1. The number of carbonyl (C=O) groups is 2. The predicted molar refractivity (Wildman–Crippen MR) is 95.2 cm³/mol. The van der Waals surface area contributed by atoms with E-state index in [1.165, 1.54) is 16.5 Å². The van der Waals surface area contributed by atoms with Crippen LogP contribution in [0.15, 0.2) is 35.7 Å². The topological polar surface area (TPSA) is 75.4 Å². The maximum Gasteiger partial charge on any atom is 0.251 e. The van der Waals surface area contributed by atoms with Crippen LogP contribution in [0, 0.1) is 0 Å². The number of nitrogens with zero attached hydrogens (tertiary/aromatic N) is 1. The van der Waals surface area contributed by atoms with Gasteiger partial charge in [-0.15, -0.1) is 11.3 Å². The molecule has 0 radical (unpaired) electrons. The molecule has 1 aromatic carbocycles. The van der Waals surface area contributed by atoms with E-state index >= 15 is 0 Å². The van der Waals surface area contributed by atoms with Gasteiger partial charge in [0.25, 0.3) is 5.91 Å². The van der Waals surface area contributed by atoms with Crippen LogP contribution in [0.5, 0.6) is 0 Å². The molecule has 2 heterocycles. The molecular formula is C18H21N3O2S. The van der Waals surface area contributed by atoms with Gasteiger partial charge in [0.2, 0.25) is 5.91 Å². The number of hydrogen-bond donors (Lipinski definition) is 2. The zero-order valence-corrected chi connectivity index (χ0v) is 14.4. The molecule has 24 heavy (non-hydrogen) atoms. The van der Waals surface area contributed by atoms with Crippen molar-refractivity contribution in [2.75, 3.05) is 13.1 Å². The Kier molecular flexibility index (Phi) is 4.97. The summed E-state index contributed by atoms with van der Waals surface area (Å²) in [6, 6.07) is 8.93. The maximum absolute atomic E-state index is 12.3. The molecule has 0 saturated heterocycles. The predicted octanol–water partition coefficient (Wildman–Crippen LogP) is 2.02. The van der Waals surface area contributed by atoms with E-state index in [1.54, 1.807) is 18.2 Å². The van der Waals surface area contributed by atoms with Crippen molar-refractivity contribution in [1.29, 1.82) is 0 Å². The van der Waals surface area contributed by atoms with Crippen molar-refractivity contribution in [2.24, 2.45) is 5.73 Å². The fourth-order valence-corrected chi connectivity index (χ4v) is 3.82. The molecule has 1 aliphatic rings. The van der Waals surface area contributed by atoms with Crippen LogP contribution < -0.4 is 11.1 Å². The molecule has 0 spiro atoms. The molecule has 0 bridgehead atoms. The van der Waals surface area contributed by atoms with Crippen LogP contribution in [0.3, 0.4) is 0 Å². The molecule has 1 aliphatic heterocycles. The van der Waals surface area contributed by atoms with Crippen molar-refractivity contribution in [1.82, 2.24) is 10.2 Å². The second kappa shape index (κ2) is 7.15. The first-order valence-electron chi connectivity index (χ1n) is 8.02. The third-order valence-corrected chi connectivity index (χ3v) is 5.45. The van der Waals surface area contributed by atoms with Crippen LogP contribution in [0.1, 0.15) is 38.1 Å². The molecule has 5 nitrogen and oxygen atoms in total. The summed E-state index contributed by atoms with van der Waals surface area (Å²) < 4.78 is 0. The lowest BCUT2D eigenvalue weighted by Gasteiger charge is -2.32. The van der Waals surface area contributed by atoms with Crippen LogP contribution in [-0.2, 0) is 13.0 Å². The van der Waals surface area contributed by atoms with Crippen LogP contribution in [0.25, 0.3) is 0 Å². The van der Waals surface area contributed by atoms with Gasteiger partial charge in [0.15, 0.2) is 0 Å². The molecule has 1 aromatic heterocycles. The summed E-state index contributed by atoms with van der Waals surface area (Å²) in [5.74, 6) is -0.712. The lowest BCUT2D eigenvalue weighted by molar-refractivity contribution is 0.0932. The third-order valence-electron chi connectivity index (χ3n) is 4.43.